The molecule has 0 bridgehead atoms. The Morgan fingerprint density at radius 1 is 1.32 bits per heavy atom. The highest BCUT2D eigenvalue weighted by Crippen LogP contribution is 2.43. The van der Waals surface area contributed by atoms with E-state index in [9.17, 15) is 5.11 Å². The summed E-state index contributed by atoms with van der Waals surface area (Å²) in [5, 5.41) is 11.1. The first-order chi connectivity index (χ1) is 9.03. The largest absolute Gasteiger partial charge is 0.493 e. The third-order valence-electron chi connectivity index (χ3n) is 4.07. The van der Waals surface area contributed by atoms with Crippen LogP contribution in [0.4, 0.5) is 0 Å². The number of para-hydroxylation sites is 1. The van der Waals surface area contributed by atoms with E-state index in [4.69, 9.17) is 9.47 Å². The summed E-state index contributed by atoms with van der Waals surface area (Å²) < 4.78 is 11.5. The van der Waals surface area contributed by atoms with Gasteiger partial charge in [0.2, 0.25) is 0 Å². The molecule has 0 amide bonds. The van der Waals surface area contributed by atoms with Crippen molar-refractivity contribution in [3.05, 3.63) is 29.8 Å². The quantitative estimate of drug-likeness (QED) is 0.907. The molecule has 1 aromatic rings. The number of aliphatic hydroxyl groups is 1. The molecular weight excluding hydrogens is 240 g/mol. The summed E-state index contributed by atoms with van der Waals surface area (Å²) in [6.07, 6.45) is 2.12. The van der Waals surface area contributed by atoms with Crippen molar-refractivity contribution in [2.75, 3.05) is 13.2 Å². The smallest absolute Gasteiger partial charge is 0.125 e. The summed E-state index contributed by atoms with van der Waals surface area (Å²) in [6, 6.07) is 7.78. The summed E-state index contributed by atoms with van der Waals surface area (Å²) >= 11 is 0. The van der Waals surface area contributed by atoms with Crippen LogP contribution in [0.2, 0.25) is 0 Å². The highest BCUT2D eigenvalue weighted by Gasteiger charge is 2.43. The van der Waals surface area contributed by atoms with E-state index in [1.54, 1.807) is 0 Å². The maximum atomic E-state index is 11.1. The molecule has 1 aliphatic rings. The molecule has 1 saturated heterocycles. The van der Waals surface area contributed by atoms with Crippen molar-refractivity contribution in [3.8, 4) is 5.75 Å². The van der Waals surface area contributed by atoms with Crippen LogP contribution in [0.15, 0.2) is 24.3 Å². The van der Waals surface area contributed by atoms with Crippen LogP contribution in [-0.4, -0.2) is 23.9 Å². The predicted octanol–water partition coefficient (Wildman–Crippen LogP) is 3.25. The SMILES string of the molecule is CCOc1ccccc1C1(O)CCOC(C)(CC)C1. The third kappa shape index (κ3) is 2.93. The second kappa shape index (κ2) is 5.51. The van der Waals surface area contributed by atoms with Gasteiger partial charge in [0.05, 0.1) is 24.4 Å². The summed E-state index contributed by atoms with van der Waals surface area (Å²) in [5.74, 6) is 0.785. The molecule has 1 N–H and O–H groups in total. The van der Waals surface area contributed by atoms with Crippen LogP contribution >= 0.6 is 0 Å². The van der Waals surface area contributed by atoms with Gasteiger partial charge in [0.1, 0.15) is 5.75 Å². The molecule has 2 unspecified atom stereocenters. The molecule has 0 aliphatic carbocycles. The molecule has 0 spiro atoms. The van der Waals surface area contributed by atoms with Gasteiger partial charge >= 0.3 is 0 Å². The summed E-state index contributed by atoms with van der Waals surface area (Å²) in [7, 11) is 0. The molecule has 19 heavy (non-hydrogen) atoms. The van der Waals surface area contributed by atoms with Crippen molar-refractivity contribution in [3.63, 3.8) is 0 Å². The lowest BCUT2D eigenvalue weighted by atomic mass is 9.77. The van der Waals surface area contributed by atoms with E-state index < -0.39 is 5.60 Å². The van der Waals surface area contributed by atoms with Crippen LogP contribution in [0.25, 0.3) is 0 Å². The van der Waals surface area contributed by atoms with E-state index in [0.29, 0.717) is 26.1 Å². The molecule has 1 fully saturated rings. The van der Waals surface area contributed by atoms with Crippen molar-refractivity contribution >= 4 is 0 Å². The number of rotatable bonds is 4. The van der Waals surface area contributed by atoms with Crippen LogP contribution in [0.5, 0.6) is 5.75 Å². The average Bonchev–Trinajstić information content (AvgIpc) is 2.39. The molecular formula is C16H24O3. The minimum absolute atomic E-state index is 0.258. The van der Waals surface area contributed by atoms with Crippen molar-refractivity contribution in [2.45, 2.75) is 51.2 Å². The highest BCUT2D eigenvalue weighted by atomic mass is 16.5. The Balaban J connectivity index is 2.33. The second-order valence-corrected chi connectivity index (χ2v) is 5.54. The van der Waals surface area contributed by atoms with Crippen LogP contribution in [0.3, 0.4) is 0 Å². The maximum Gasteiger partial charge on any atom is 0.125 e. The van der Waals surface area contributed by atoms with Gasteiger partial charge in [-0.3, -0.25) is 0 Å². The first-order valence-electron chi connectivity index (χ1n) is 7.11. The Labute approximate surface area is 115 Å². The molecule has 2 atom stereocenters. The van der Waals surface area contributed by atoms with E-state index in [2.05, 4.69) is 13.8 Å². The number of ether oxygens (including phenoxy) is 2. The summed E-state index contributed by atoms with van der Waals surface area (Å²) in [5.41, 5.74) is -0.221. The average molecular weight is 264 g/mol. The monoisotopic (exact) mass is 264 g/mol. The van der Waals surface area contributed by atoms with Gasteiger partial charge < -0.3 is 14.6 Å². The van der Waals surface area contributed by atoms with Gasteiger partial charge in [-0.05, 0) is 26.3 Å². The minimum atomic E-state index is -0.852. The predicted molar refractivity (Wildman–Crippen MR) is 75.4 cm³/mol. The molecule has 3 nitrogen and oxygen atoms in total. The van der Waals surface area contributed by atoms with Gasteiger partial charge in [-0.15, -0.1) is 0 Å². The second-order valence-electron chi connectivity index (χ2n) is 5.54. The molecule has 1 heterocycles. The molecule has 0 aromatic heterocycles. The zero-order valence-electron chi connectivity index (χ0n) is 12.1. The molecule has 1 aromatic carbocycles. The van der Waals surface area contributed by atoms with E-state index in [1.165, 1.54) is 0 Å². The number of benzene rings is 1. The van der Waals surface area contributed by atoms with Crippen LogP contribution in [0.1, 0.15) is 45.6 Å². The standard InChI is InChI=1S/C16H24O3/c1-4-15(3)12-16(17,10-11-19-15)13-8-6-7-9-14(13)18-5-2/h6-9,17H,4-5,10-12H2,1-3H3. The fraction of sp³-hybridized carbons (Fsp3) is 0.625. The Kier molecular flexibility index (Phi) is 4.16. The van der Waals surface area contributed by atoms with E-state index in [1.807, 2.05) is 31.2 Å². The van der Waals surface area contributed by atoms with Crippen molar-refractivity contribution in [1.82, 2.24) is 0 Å². The van der Waals surface area contributed by atoms with Gasteiger partial charge in [0, 0.05) is 18.4 Å². The summed E-state index contributed by atoms with van der Waals surface area (Å²) in [6.45, 7) is 7.32. The maximum absolute atomic E-state index is 11.1. The van der Waals surface area contributed by atoms with Gasteiger partial charge in [-0.2, -0.15) is 0 Å². The Hall–Kier alpha value is -1.06. The fourth-order valence-electron chi connectivity index (χ4n) is 2.81. The van der Waals surface area contributed by atoms with Crippen molar-refractivity contribution < 1.29 is 14.6 Å². The zero-order chi connectivity index (χ0) is 13.9. The molecule has 0 radical (unpaired) electrons. The lowest BCUT2D eigenvalue weighted by molar-refractivity contribution is -0.158. The Morgan fingerprint density at radius 3 is 2.74 bits per heavy atom. The van der Waals surface area contributed by atoms with E-state index in [0.717, 1.165) is 17.7 Å². The lowest BCUT2D eigenvalue weighted by Crippen LogP contribution is -2.45. The topological polar surface area (TPSA) is 38.7 Å². The van der Waals surface area contributed by atoms with Gasteiger partial charge in [0.25, 0.3) is 0 Å². The van der Waals surface area contributed by atoms with E-state index >= 15 is 0 Å². The molecule has 3 heteroatoms. The molecule has 2 rings (SSSR count). The number of hydrogen-bond acceptors (Lipinski definition) is 3. The normalized spacial score (nSPS) is 31.2. The minimum Gasteiger partial charge on any atom is -0.493 e. The Bertz CT molecular complexity index is 432. The van der Waals surface area contributed by atoms with Crippen LogP contribution < -0.4 is 4.74 Å². The van der Waals surface area contributed by atoms with E-state index in [-0.39, 0.29) is 5.60 Å². The third-order valence-corrected chi connectivity index (χ3v) is 4.07. The zero-order valence-corrected chi connectivity index (χ0v) is 12.1. The van der Waals surface area contributed by atoms with Gasteiger partial charge in [0.15, 0.2) is 0 Å². The van der Waals surface area contributed by atoms with Gasteiger partial charge in [-0.1, -0.05) is 25.1 Å². The highest BCUT2D eigenvalue weighted by molar-refractivity contribution is 5.38. The summed E-state index contributed by atoms with van der Waals surface area (Å²) in [4.78, 5) is 0. The van der Waals surface area contributed by atoms with Crippen LogP contribution in [0, 0.1) is 0 Å². The lowest BCUT2D eigenvalue weighted by Gasteiger charge is -2.43. The first-order valence-corrected chi connectivity index (χ1v) is 7.11. The number of hydrogen-bond donors (Lipinski definition) is 1. The Morgan fingerprint density at radius 2 is 2.05 bits per heavy atom. The molecule has 106 valence electrons. The fourth-order valence-corrected chi connectivity index (χ4v) is 2.81. The van der Waals surface area contributed by atoms with Gasteiger partial charge in [-0.25, -0.2) is 0 Å². The van der Waals surface area contributed by atoms with Crippen LogP contribution in [-0.2, 0) is 10.3 Å². The van der Waals surface area contributed by atoms with Crippen molar-refractivity contribution in [2.24, 2.45) is 0 Å². The van der Waals surface area contributed by atoms with Crippen molar-refractivity contribution in [1.29, 1.82) is 0 Å². The molecule has 1 aliphatic heterocycles. The molecule has 0 saturated carbocycles. The first kappa shape index (κ1) is 14.4.